The van der Waals surface area contributed by atoms with Gasteiger partial charge in [0.1, 0.15) is 22.7 Å². The minimum absolute atomic E-state index is 0.0206. The molecule has 0 aliphatic carbocycles. The molecule has 0 radical (unpaired) electrons. The zero-order valence-corrected chi connectivity index (χ0v) is 38.0. The van der Waals surface area contributed by atoms with Crippen molar-refractivity contribution in [3.05, 3.63) is 117 Å². The van der Waals surface area contributed by atoms with E-state index >= 15 is 0 Å². The molecule has 4 aromatic rings. The summed E-state index contributed by atoms with van der Waals surface area (Å²) in [6.07, 6.45) is 4.60. The van der Waals surface area contributed by atoms with E-state index < -0.39 is 23.1 Å². The number of hydrogen-bond donors (Lipinski definition) is 4. The first-order chi connectivity index (χ1) is 30.5. The van der Waals surface area contributed by atoms with Crippen LogP contribution < -0.4 is 31.1 Å². The molecule has 2 atom stereocenters. The van der Waals surface area contributed by atoms with E-state index in [1.54, 1.807) is 24.3 Å². The summed E-state index contributed by atoms with van der Waals surface area (Å²) in [5.74, 6) is 1.19. The van der Waals surface area contributed by atoms with Crippen molar-refractivity contribution < 1.29 is 28.8 Å². The van der Waals surface area contributed by atoms with E-state index in [2.05, 4.69) is 67.0 Å². The normalized spacial score (nSPS) is 20.9. The van der Waals surface area contributed by atoms with Crippen LogP contribution in [0.15, 0.2) is 60.9 Å². The Morgan fingerprint density at radius 2 is 0.891 bits per heavy atom. The van der Waals surface area contributed by atoms with Gasteiger partial charge in [0.15, 0.2) is 0 Å². The number of benzene rings is 2. The first-order valence-electron chi connectivity index (χ1n) is 21.9. The number of urea groups is 2. The molecule has 2 aromatic carbocycles. The summed E-state index contributed by atoms with van der Waals surface area (Å²) < 4.78 is 0. The van der Waals surface area contributed by atoms with Crippen molar-refractivity contribution in [1.82, 2.24) is 41.0 Å². The van der Waals surface area contributed by atoms with E-state index in [0.29, 0.717) is 61.3 Å². The van der Waals surface area contributed by atoms with Gasteiger partial charge in [0.2, 0.25) is 0 Å². The fourth-order valence-corrected chi connectivity index (χ4v) is 9.30. The van der Waals surface area contributed by atoms with Gasteiger partial charge >= 0.3 is 12.1 Å². The summed E-state index contributed by atoms with van der Waals surface area (Å²) in [5, 5.41) is 10.1. The van der Waals surface area contributed by atoms with Crippen LogP contribution in [0.5, 0.6) is 0 Å². The molecule has 8 amide bonds. The first-order valence-corrected chi connectivity index (χ1v) is 21.9. The summed E-state index contributed by atoms with van der Waals surface area (Å²) in [4.78, 5) is 92.1. The first kappa shape index (κ1) is 45.2. The van der Waals surface area contributed by atoms with Gasteiger partial charge in [-0.1, -0.05) is 50.2 Å². The number of rotatable bonds is 8. The van der Waals surface area contributed by atoms with Crippen molar-refractivity contribution >= 4 is 47.3 Å². The van der Waals surface area contributed by atoms with Gasteiger partial charge < -0.3 is 30.2 Å². The minimum atomic E-state index is -1.09. The van der Waals surface area contributed by atoms with Gasteiger partial charge in [-0.3, -0.25) is 29.8 Å². The molecule has 0 unspecified atom stereocenters. The Hall–Kier alpha value is -6.84. The second-order valence-electron chi connectivity index (χ2n) is 17.3. The number of imide groups is 2. The van der Waals surface area contributed by atoms with Crippen LogP contribution in [-0.2, 0) is 20.7 Å². The second-order valence-corrected chi connectivity index (χ2v) is 17.3. The van der Waals surface area contributed by atoms with Gasteiger partial charge in [0, 0.05) is 75.9 Å². The Bertz CT molecular complexity index is 2360. The number of pyridine rings is 2. The van der Waals surface area contributed by atoms with Gasteiger partial charge in [-0.2, -0.15) is 0 Å². The number of aryl methyl sites for hydroxylation is 6. The SMILES string of the molecule is CC[C@@]1(c2ccc(C(=O)N3CCN(c4ncc(C)cc4C)CC3)c(C)c2)NC(=O)NC1=O.CC[C@]1(c2ccc(C(=O)N3CCN(c4ncc(C)cc4C)CC3)c(C)c2)NC(=O)NC1=O. The van der Waals surface area contributed by atoms with E-state index in [1.165, 1.54) is 0 Å². The third kappa shape index (κ3) is 8.60. The number of aromatic nitrogens is 2. The van der Waals surface area contributed by atoms with Gasteiger partial charge in [-0.25, -0.2) is 19.6 Å². The third-order valence-corrected chi connectivity index (χ3v) is 13.0. The number of nitrogens with one attached hydrogen (secondary N) is 4. The molecule has 64 heavy (non-hydrogen) atoms. The number of piperazine rings is 2. The van der Waals surface area contributed by atoms with E-state index in [-0.39, 0.29) is 23.6 Å². The average molecular weight is 871 g/mol. The second kappa shape index (κ2) is 18.1. The Labute approximate surface area is 374 Å². The molecule has 0 bridgehead atoms. The van der Waals surface area contributed by atoms with Crippen LogP contribution in [0.1, 0.15) is 91.9 Å². The third-order valence-electron chi connectivity index (χ3n) is 13.0. The van der Waals surface area contributed by atoms with Crippen molar-refractivity contribution in [1.29, 1.82) is 0 Å². The van der Waals surface area contributed by atoms with Gasteiger partial charge in [-0.05, 0) is 111 Å². The fraction of sp³-hybridized carbons (Fsp3) is 0.417. The molecule has 4 aliphatic heterocycles. The van der Waals surface area contributed by atoms with E-state index in [1.807, 2.05) is 75.9 Å². The Kier molecular flexibility index (Phi) is 12.8. The highest BCUT2D eigenvalue weighted by atomic mass is 16.2. The van der Waals surface area contributed by atoms with Crippen molar-refractivity contribution in [2.24, 2.45) is 0 Å². The van der Waals surface area contributed by atoms with Crippen molar-refractivity contribution in [3.63, 3.8) is 0 Å². The smallest absolute Gasteiger partial charge is 0.322 e. The summed E-state index contributed by atoms with van der Waals surface area (Å²) in [6.45, 7) is 21.0. The summed E-state index contributed by atoms with van der Waals surface area (Å²) in [7, 11) is 0. The van der Waals surface area contributed by atoms with E-state index in [4.69, 9.17) is 0 Å². The lowest BCUT2D eigenvalue weighted by Crippen LogP contribution is -2.49. The van der Waals surface area contributed by atoms with Crippen LogP contribution in [0.4, 0.5) is 21.2 Å². The predicted molar refractivity (Wildman–Crippen MR) is 243 cm³/mol. The molecule has 16 heteroatoms. The number of carbonyl (C=O) groups is 6. The maximum absolute atomic E-state index is 13.2. The Balaban J connectivity index is 0.000000191. The molecule has 4 fully saturated rings. The Morgan fingerprint density at radius 1 is 0.531 bits per heavy atom. The number of hydrogen-bond acceptors (Lipinski definition) is 10. The summed E-state index contributed by atoms with van der Waals surface area (Å²) in [5.41, 5.74) is 6.55. The van der Waals surface area contributed by atoms with Gasteiger partial charge in [-0.15, -0.1) is 0 Å². The number of carbonyl (C=O) groups excluding carboxylic acids is 6. The molecule has 0 spiro atoms. The highest BCUT2D eigenvalue weighted by Gasteiger charge is 2.47. The largest absolute Gasteiger partial charge is 0.353 e. The van der Waals surface area contributed by atoms with E-state index in [9.17, 15) is 28.8 Å². The fourth-order valence-electron chi connectivity index (χ4n) is 9.30. The molecule has 336 valence electrons. The lowest BCUT2D eigenvalue weighted by molar-refractivity contribution is -0.125. The van der Waals surface area contributed by atoms with Crippen LogP contribution in [0.3, 0.4) is 0 Å². The summed E-state index contributed by atoms with van der Waals surface area (Å²) in [6, 6.07) is 14.0. The van der Waals surface area contributed by atoms with Gasteiger partial charge in [0.05, 0.1) is 0 Å². The number of anilines is 2. The molecule has 4 N–H and O–H groups in total. The van der Waals surface area contributed by atoms with Crippen molar-refractivity contribution in [2.75, 3.05) is 62.2 Å². The monoisotopic (exact) mass is 870 g/mol. The molecule has 8 rings (SSSR count). The van der Waals surface area contributed by atoms with Crippen molar-refractivity contribution in [3.8, 4) is 0 Å². The molecule has 16 nitrogen and oxygen atoms in total. The maximum atomic E-state index is 13.2. The zero-order chi connectivity index (χ0) is 46.1. The molecule has 0 saturated carbocycles. The Morgan fingerprint density at radius 3 is 1.17 bits per heavy atom. The van der Waals surface area contributed by atoms with Gasteiger partial charge in [0.25, 0.3) is 23.6 Å². The van der Waals surface area contributed by atoms with Crippen LogP contribution >= 0.6 is 0 Å². The van der Waals surface area contributed by atoms with E-state index in [0.717, 1.165) is 71.2 Å². The molecule has 4 aliphatic rings. The van der Waals surface area contributed by atoms with Crippen LogP contribution in [0.2, 0.25) is 0 Å². The molecule has 6 heterocycles. The van der Waals surface area contributed by atoms with Crippen molar-refractivity contribution in [2.45, 2.75) is 79.3 Å². The predicted octanol–water partition coefficient (Wildman–Crippen LogP) is 4.83. The van der Waals surface area contributed by atoms with Crippen LogP contribution in [0, 0.1) is 41.5 Å². The topological polar surface area (TPSA) is 189 Å². The van der Waals surface area contributed by atoms with Crippen LogP contribution in [0.25, 0.3) is 0 Å². The quantitative estimate of drug-likeness (QED) is 0.179. The lowest BCUT2D eigenvalue weighted by Gasteiger charge is -2.36. The molecular formula is C48H58N10O6. The minimum Gasteiger partial charge on any atom is -0.353 e. The molecular weight excluding hydrogens is 813 g/mol. The highest BCUT2D eigenvalue weighted by Crippen LogP contribution is 2.32. The maximum Gasteiger partial charge on any atom is 0.322 e. The highest BCUT2D eigenvalue weighted by molar-refractivity contribution is 6.08. The molecule has 2 aromatic heterocycles. The van der Waals surface area contributed by atoms with Crippen LogP contribution in [-0.4, -0.2) is 108 Å². The average Bonchev–Trinajstić information content (AvgIpc) is 3.75. The zero-order valence-electron chi connectivity index (χ0n) is 38.0. The standard InChI is InChI=1S/2C24H29N5O3/c2*1-5-24(22(31)26-23(32)27-24)18-6-7-19(16(3)13-18)21(30)29-10-8-28(9-11-29)20-17(4)12-15(2)14-25-20/h2*6-7,12-14H,5,8-11H2,1-4H3,(H2,26,27,31,32)/t2*24-/m10/s1. The number of nitrogens with zero attached hydrogens (tertiary/aromatic N) is 6. The number of amides is 8. The lowest BCUT2D eigenvalue weighted by atomic mass is 9.85. The summed E-state index contributed by atoms with van der Waals surface area (Å²) >= 11 is 0. The molecule has 4 saturated heterocycles.